The van der Waals surface area contributed by atoms with Crippen LogP contribution >= 0.6 is 7.82 Å². The van der Waals surface area contributed by atoms with Crippen molar-refractivity contribution in [2.24, 2.45) is 0 Å². The molecule has 0 spiro atoms. The van der Waals surface area contributed by atoms with Crippen LogP contribution in [0.4, 0.5) is 0 Å². The fourth-order valence-corrected chi connectivity index (χ4v) is 0. The second-order valence-corrected chi connectivity index (χ2v) is 1.34. The molecule has 0 unspecified atom stereocenters. The summed E-state index contributed by atoms with van der Waals surface area (Å²) in [5, 5.41) is 0. The first kappa shape index (κ1) is 22.4. The van der Waals surface area contributed by atoms with E-state index in [1.807, 2.05) is 0 Å². The maximum Gasteiger partial charge on any atom is 1.00 e. The molecule has 0 heterocycles. The van der Waals surface area contributed by atoms with E-state index in [4.69, 9.17) is 19.2 Å². The number of rotatable bonds is 0. The van der Waals surface area contributed by atoms with Crippen molar-refractivity contribution < 1.29 is 86.2 Å². The van der Waals surface area contributed by atoms with Gasteiger partial charge in [0.25, 0.3) is 0 Å². The van der Waals surface area contributed by atoms with Gasteiger partial charge in [-0.25, -0.2) is 0 Å². The molecular weight excluding hydrogens is 176 g/mol. The summed E-state index contributed by atoms with van der Waals surface area (Å²) in [7, 11) is -5.39. The quantitative estimate of drug-likeness (QED) is 0.271. The van der Waals surface area contributed by atoms with Gasteiger partial charge in [0.05, 0.1) is 0 Å². The molecule has 0 aromatic heterocycles. The van der Waals surface area contributed by atoms with E-state index in [2.05, 4.69) is 0 Å². The summed E-state index contributed by atoms with van der Waals surface area (Å²) in [5.74, 6) is 0. The molecule has 0 aromatic carbocycles. The third-order valence-electron chi connectivity index (χ3n) is 0. The zero-order valence-electron chi connectivity index (χ0n) is 4.53. The Morgan fingerprint density at radius 1 is 1.12 bits per heavy atom. The van der Waals surface area contributed by atoms with Gasteiger partial charge in [0.2, 0.25) is 0 Å². The Bertz CT molecular complexity index is 62.2. The van der Waals surface area contributed by atoms with E-state index in [0.29, 0.717) is 0 Å². The summed E-state index contributed by atoms with van der Waals surface area (Å²) in [6, 6.07) is 0. The van der Waals surface area contributed by atoms with E-state index in [1.54, 1.807) is 0 Å². The van der Waals surface area contributed by atoms with Crippen LogP contribution in [0.3, 0.4) is 0 Å². The summed E-state index contributed by atoms with van der Waals surface area (Å²) in [5.41, 5.74) is 0. The van der Waals surface area contributed by atoms with E-state index in [-0.39, 0.29) is 67.0 Å². The fourth-order valence-electron chi connectivity index (χ4n) is 0. The molecule has 37 valence electrons. The fraction of sp³-hybridized carbons (Fsp3) is 0. The Morgan fingerprint density at radius 2 is 1.12 bits per heavy atom. The van der Waals surface area contributed by atoms with E-state index in [0.717, 1.165) is 0 Å². The summed E-state index contributed by atoms with van der Waals surface area (Å²) in [6.07, 6.45) is 0. The Morgan fingerprint density at radius 3 is 1.12 bits per heavy atom. The van der Waals surface area contributed by atoms with Crippen molar-refractivity contribution in [2.45, 2.75) is 0 Å². The first-order chi connectivity index (χ1) is 2.00. The second kappa shape index (κ2) is 9.29. The van der Waals surface area contributed by atoms with Gasteiger partial charge >= 0.3 is 48.4 Å². The minimum atomic E-state index is -5.39. The van der Waals surface area contributed by atoms with Crippen LogP contribution in [0.25, 0.3) is 0 Å². The van der Waals surface area contributed by atoms with Crippen molar-refractivity contribution >= 4 is 7.82 Å². The summed E-state index contributed by atoms with van der Waals surface area (Å²) in [4.78, 5) is 25.6. The third kappa shape index (κ3) is 83.9. The molecule has 0 amide bonds. The minimum Gasteiger partial charge on any atom is -0.822 e. The molecule has 0 aromatic rings. The normalized spacial score (nSPS) is 7.38. The van der Waals surface area contributed by atoms with Gasteiger partial charge in [-0.05, 0) is 0 Å². The summed E-state index contributed by atoms with van der Waals surface area (Å²) in [6.45, 7) is 0. The van der Waals surface area contributed by atoms with Gasteiger partial charge < -0.3 is 19.2 Å². The van der Waals surface area contributed by atoms with Crippen molar-refractivity contribution in [3.8, 4) is 0 Å². The standard InChI is InChI=1S/Li.Na.H3O4P.V/c;;1-5(2,3)4;/h;;(H3,1,2,3,4);/q2*+1;;/p-3. The molecule has 1 radical (unpaired) electrons. The van der Waals surface area contributed by atoms with Crippen LogP contribution in [0.1, 0.15) is 0 Å². The molecule has 8 heteroatoms. The summed E-state index contributed by atoms with van der Waals surface area (Å²) >= 11 is 0. The Kier molecular flexibility index (Phi) is 26.1. The molecule has 0 aliphatic carbocycles. The molecule has 0 bridgehead atoms. The molecule has 0 N–H and O–H groups in total. The van der Waals surface area contributed by atoms with Crippen molar-refractivity contribution in [3.05, 3.63) is 0 Å². The van der Waals surface area contributed by atoms with Crippen molar-refractivity contribution in [1.82, 2.24) is 0 Å². The van der Waals surface area contributed by atoms with Crippen LogP contribution < -0.4 is 63.1 Å². The van der Waals surface area contributed by atoms with Crippen LogP contribution in [0.5, 0.6) is 0 Å². The van der Waals surface area contributed by atoms with E-state index in [1.165, 1.54) is 0 Å². The molecule has 0 atom stereocenters. The summed E-state index contributed by atoms with van der Waals surface area (Å²) < 4.78 is 8.55. The molecular formula is LiNaO4PV-. The van der Waals surface area contributed by atoms with Crippen molar-refractivity contribution in [3.63, 3.8) is 0 Å². The molecule has 0 rings (SSSR count). The molecule has 4 nitrogen and oxygen atoms in total. The van der Waals surface area contributed by atoms with E-state index in [9.17, 15) is 0 Å². The molecule has 0 saturated carbocycles. The van der Waals surface area contributed by atoms with Crippen LogP contribution in [0, 0.1) is 0 Å². The van der Waals surface area contributed by atoms with Gasteiger partial charge in [0.1, 0.15) is 0 Å². The second-order valence-electron chi connectivity index (χ2n) is 0.447. The Labute approximate surface area is 93.0 Å². The molecule has 8 heavy (non-hydrogen) atoms. The number of phosphoric acid groups is 1. The Balaban J connectivity index is -0.0000000267. The SMILES string of the molecule is O=P([O-])([O-])[O-].[Li+].[Na+].[V]. The van der Waals surface area contributed by atoms with Crippen molar-refractivity contribution in [1.29, 1.82) is 0 Å². The Hall–Kier alpha value is 2.29. The van der Waals surface area contributed by atoms with E-state index >= 15 is 0 Å². The van der Waals surface area contributed by atoms with Crippen molar-refractivity contribution in [2.75, 3.05) is 0 Å². The molecule has 0 fully saturated rings. The zero-order valence-corrected chi connectivity index (χ0v) is 8.82. The maximum absolute atomic E-state index is 8.55. The monoisotopic (exact) mass is 176 g/mol. The first-order valence-corrected chi connectivity index (χ1v) is 2.19. The zero-order chi connectivity index (χ0) is 4.50. The van der Waals surface area contributed by atoms with Gasteiger partial charge in [-0.3, -0.25) is 0 Å². The third-order valence-corrected chi connectivity index (χ3v) is 0. The maximum atomic E-state index is 8.55. The largest absolute Gasteiger partial charge is 1.00 e. The van der Waals surface area contributed by atoms with Gasteiger partial charge in [-0.1, -0.05) is 0 Å². The van der Waals surface area contributed by atoms with Gasteiger partial charge in [0, 0.05) is 18.6 Å². The molecule has 0 saturated heterocycles. The smallest absolute Gasteiger partial charge is 0.822 e. The molecule has 0 aliphatic heterocycles. The number of hydrogen-bond donors (Lipinski definition) is 0. The first-order valence-electron chi connectivity index (χ1n) is 0.730. The van der Waals surface area contributed by atoms with Gasteiger partial charge in [-0.2, -0.15) is 7.82 Å². The van der Waals surface area contributed by atoms with Crippen LogP contribution in [-0.4, -0.2) is 0 Å². The average molecular weight is 176 g/mol. The topological polar surface area (TPSA) is 86.2 Å². The van der Waals surface area contributed by atoms with Crippen LogP contribution in [0.2, 0.25) is 0 Å². The number of hydrogen-bond acceptors (Lipinski definition) is 4. The molecule has 0 aliphatic rings. The predicted octanol–water partition coefficient (Wildman–Crippen LogP) is -8.82. The predicted molar refractivity (Wildman–Crippen MR) is 7.61 cm³/mol. The van der Waals surface area contributed by atoms with Gasteiger partial charge in [-0.15, -0.1) is 0 Å². The van der Waals surface area contributed by atoms with Crippen LogP contribution in [0.15, 0.2) is 0 Å². The minimum absolute atomic E-state index is 0. The average Bonchev–Trinajstić information content (AvgIpc) is 0.722. The van der Waals surface area contributed by atoms with E-state index < -0.39 is 7.82 Å². The van der Waals surface area contributed by atoms with Crippen LogP contribution in [-0.2, 0) is 23.1 Å². The van der Waals surface area contributed by atoms with Gasteiger partial charge in [0.15, 0.2) is 0 Å².